The molecule has 0 fully saturated rings. The Hall–Kier alpha value is -0.860. The van der Waals surface area contributed by atoms with E-state index in [2.05, 4.69) is 21.4 Å². The molecule has 56 valence electrons. The standard InChI is InChI=1S/C6H5N3S2/c7-4-5-2-1-3-6(8-5)9-11-10/h1-3,10H,(H,8,9). The van der Waals surface area contributed by atoms with E-state index >= 15 is 0 Å². The van der Waals surface area contributed by atoms with Crippen LogP contribution in [0.25, 0.3) is 0 Å². The van der Waals surface area contributed by atoms with Crippen LogP contribution in [0.2, 0.25) is 0 Å². The van der Waals surface area contributed by atoms with Crippen LogP contribution >= 0.6 is 22.6 Å². The fourth-order valence-corrected chi connectivity index (χ4v) is 1.09. The lowest BCUT2D eigenvalue weighted by atomic mass is 10.4. The smallest absolute Gasteiger partial charge is 0.142 e. The first-order valence-corrected chi connectivity index (χ1v) is 4.67. The van der Waals surface area contributed by atoms with E-state index in [4.69, 9.17) is 5.26 Å². The van der Waals surface area contributed by atoms with E-state index in [1.54, 1.807) is 18.2 Å². The average Bonchev–Trinajstić information content (AvgIpc) is 2.06. The summed E-state index contributed by atoms with van der Waals surface area (Å²) >= 11 is 3.88. The summed E-state index contributed by atoms with van der Waals surface area (Å²) in [7, 11) is 1.15. The van der Waals surface area contributed by atoms with Gasteiger partial charge >= 0.3 is 0 Å². The number of thiol groups is 1. The molecule has 1 N–H and O–H groups in total. The number of nitrogens with one attached hydrogen (secondary N) is 1. The van der Waals surface area contributed by atoms with Gasteiger partial charge in [-0.05, 0) is 12.1 Å². The molecule has 0 atom stereocenters. The molecule has 0 amide bonds. The highest BCUT2D eigenvalue weighted by molar-refractivity contribution is 8.69. The van der Waals surface area contributed by atoms with Gasteiger partial charge in [0.1, 0.15) is 17.6 Å². The lowest BCUT2D eigenvalue weighted by Crippen LogP contribution is -1.89. The molecule has 0 radical (unpaired) electrons. The first-order valence-electron chi connectivity index (χ1n) is 2.80. The molecule has 1 aromatic rings. The Bertz CT molecular complexity index is 281. The van der Waals surface area contributed by atoms with Crippen molar-refractivity contribution in [3.8, 4) is 6.07 Å². The zero-order valence-corrected chi connectivity index (χ0v) is 7.19. The van der Waals surface area contributed by atoms with E-state index in [-0.39, 0.29) is 0 Å². The Kier molecular flexibility index (Phi) is 3.08. The van der Waals surface area contributed by atoms with Gasteiger partial charge in [-0.15, -0.1) is 0 Å². The zero-order chi connectivity index (χ0) is 8.10. The average molecular weight is 183 g/mol. The molecule has 0 spiro atoms. The van der Waals surface area contributed by atoms with Gasteiger partial charge in [0.2, 0.25) is 0 Å². The number of nitriles is 1. The van der Waals surface area contributed by atoms with E-state index in [9.17, 15) is 0 Å². The van der Waals surface area contributed by atoms with E-state index in [0.29, 0.717) is 11.5 Å². The minimum atomic E-state index is 0.400. The Morgan fingerprint density at radius 2 is 2.45 bits per heavy atom. The highest BCUT2D eigenvalue weighted by atomic mass is 33.1. The molecule has 0 aliphatic carbocycles. The lowest BCUT2D eigenvalue weighted by molar-refractivity contribution is 1.27. The summed E-state index contributed by atoms with van der Waals surface area (Å²) in [5.41, 5.74) is 0.400. The molecule has 0 saturated carbocycles. The summed E-state index contributed by atoms with van der Waals surface area (Å²) in [5, 5.41) is 8.46. The number of nitrogens with zero attached hydrogens (tertiary/aromatic N) is 2. The van der Waals surface area contributed by atoms with Crippen LogP contribution in [0, 0.1) is 11.3 Å². The highest BCUT2D eigenvalue weighted by Gasteiger charge is 1.93. The molecule has 0 aliphatic heterocycles. The third-order valence-corrected chi connectivity index (χ3v) is 1.59. The third-order valence-electron chi connectivity index (χ3n) is 1.01. The molecule has 1 heterocycles. The predicted molar refractivity (Wildman–Crippen MR) is 49.2 cm³/mol. The van der Waals surface area contributed by atoms with Gasteiger partial charge in [-0.2, -0.15) is 5.26 Å². The van der Waals surface area contributed by atoms with Crippen molar-refractivity contribution in [3.63, 3.8) is 0 Å². The Morgan fingerprint density at radius 1 is 1.64 bits per heavy atom. The van der Waals surface area contributed by atoms with Crippen molar-refractivity contribution in [2.45, 2.75) is 0 Å². The van der Waals surface area contributed by atoms with Gasteiger partial charge in [0, 0.05) is 11.0 Å². The molecule has 0 bridgehead atoms. The summed E-state index contributed by atoms with van der Waals surface area (Å²) < 4.78 is 2.80. The number of aromatic nitrogens is 1. The quantitative estimate of drug-likeness (QED) is 0.417. The molecule has 0 unspecified atom stereocenters. The van der Waals surface area contributed by atoms with Gasteiger partial charge in [0.05, 0.1) is 0 Å². The monoisotopic (exact) mass is 183 g/mol. The molecule has 0 aromatic carbocycles. The van der Waals surface area contributed by atoms with Crippen LogP contribution in [0.4, 0.5) is 5.82 Å². The molecule has 11 heavy (non-hydrogen) atoms. The molecule has 3 nitrogen and oxygen atoms in total. The van der Waals surface area contributed by atoms with Crippen LogP contribution in [-0.4, -0.2) is 4.98 Å². The van der Waals surface area contributed by atoms with Crippen LogP contribution in [0.5, 0.6) is 0 Å². The first kappa shape index (κ1) is 8.24. The van der Waals surface area contributed by atoms with Gasteiger partial charge in [-0.25, -0.2) is 4.98 Å². The van der Waals surface area contributed by atoms with Gasteiger partial charge in [0.15, 0.2) is 0 Å². The minimum absolute atomic E-state index is 0.400. The predicted octanol–water partition coefficient (Wildman–Crippen LogP) is 1.86. The maximum Gasteiger partial charge on any atom is 0.142 e. The van der Waals surface area contributed by atoms with Crippen molar-refractivity contribution in [1.82, 2.24) is 4.98 Å². The van der Waals surface area contributed by atoms with Crippen molar-refractivity contribution in [3.05, 3.63) is 23.9 Å². The molecule has 1 rings (SSSR count). The van der Waals surface area contributed by atoms with Crippen molar-refractivity contribution < 1.29 is 0 Å². The normalized spacial score (nSPS) is 8.73. The second-order valence-corrected chi connectivity index (χ2v) is 2.65. The molecular weight excluding hydrogens is 178 g/mol. The zero-order valence-electron chi connectivity index (χ0n) is 5.48. The number of hydrogen-bond acceptors (Lipinski definition) is 5. The van der Waals surface area contributed by atoms with Crippen LogP contribution in [0.1, 0.15) is 5.69 Å². The van der Waals surface area contributed by atoms with Gasteiger partial charge in [-0.1, -0.05) is 17.7 Å². The summed E-state index contributed by atoms with van der Waals surface area (Å²) in [6.07, 6.45) is 0. The number of hydrogen-bond donors (Lipinski definition) is 2. The van der Waals surface area contributed by atoms with Gasteiger partial charge in [0.25, 0.3) is 0 Å². The minimum Gasteiger partial charge on any atom is -0.305 e. The van der Waals surface area contributed by atoms with E-state index < -0.39 is 0 Å². The first-order chi connectivity index (χ1) is 5.36. The largest absolute Gasteiger partial charge is 0.305 e. The summed E-state index contributed by atoms with van der Waals surface area (Å²) in [5.74, 6) is 0.643. The van der Waals surface area contributed by atoms with Crippen LogP contribution in [-0.2, 0) is 0 Å². The lowest BCUT2D eigenvalue weighted by Gasteiger charge is -1.98. The molecule has 5 heteroatoms. The van der Waals surface area contributed by atoms with Crippen molar-refractivity contribution >= 4 is 28.5 Å². The summed E-state index contributed by atoms with van der Waals surface area (Å²) in [6, 6.07) is 7.12. The SMILES string of the molecule is N#Cc1cccc(NSS)n1. The molecular formula is C6H5N3S2. The Morgan fingerprint density at radius 3 is 3.09 bits per heavy atom. The van der Waals surface area contributed by atoms with Crippen molar-refractivity contribution in [1.29, 1.82) is 5.26 Å². The van der Waals surface area contributed by atoms with Crippen molar-refractivity contribution in [2.75, 3.05) is 4.72 Å². The topological polar surface area (TPSA) is 48.7 Å². The van der Waals surface area contributed by atoms with Crippen LogP contribution < -0.4 is 4.72 Å². The Balaban J connectivity index is 2.85. The summed E-state index contributed by atoms with van der Waals surface area (Å²) in [4.78, 5) is 3.94. The maximum absolute atomic E-state index is 8.46. The van der Waals surface area contributed by atoms with Crippen molar-refractivity contribution in [2.24, 2.45) is 0 Å². The highest BCUT2D eigenvalue weighted by Crippen LogP contribution is 2.11. The third kappa shape index (κ3) is 2.33. The summed E-state index contributed by atoms with van der Waals surface area (Å²) in [6.45, 7) is 0. The second-order valence-electron chi connectivity index (χ2n) is 1.71. The molecule has 0 saturated heterocycles. The van der Waals surface area contributed by atoms with Gasteiger partial charge < -0.3 is 4.72 Å². The maximum atomic E-state index is 8.46. The molecule has 1 aromatic heterocycles. The Labute approximate surface area is 73.8 Å². The van der Waals surface area contributed by atoms with E-state index in [0.717, 1.165) is 11.0 Å². The number of anilines is 1. The fourth-order valence-electron chi connectivity index (χ4n) is 0.601. The van der Waals surface area contributed by atoms with Gasteiger partial charge in [-0.3, -0.25) is 0 Å². The van der Waals surface area contributed by atoms with E-state index in [1.807, 2.05) is 6.07 Å². The van der Waals surface area contributed by atoms with Crippen LogP contribution in [0.3, 0.4) is 0 Å². The van der Waals surface area contributed by atoms with Crippen LogP contribution in [0.15, 0.2) is 18.2 Å². The molecule has 0 aliphatic rings. The second kappa shape index (κ2) is 4.11. The fraction of sp³-hybridized carbons (Fsp3) is 0. The number of rotatable bonds is 2. The number of pyridine rings is 1. The van der Waals surface area contributed by atoms with E-state index in [1.165, 1.54) is 0 Å².